The molecule has 1 aliphatic heterocycles. The Balaban J connectivity index is 2.24. The Morgan fingerprint density at radius 1 is 1.19 bits per heavy atom. The molecule has 0 spiro atoms. The highest BCUT2D eigenvalue weighted by atomic mass is 19.3. The van der Waals surface area contributed by atoms with Crippen LogP contribution in [0.15, 0.2) is 24.3 Å². The second-order valence-corrected chi connectivity index (χ2v) is 5.03. The van der Waals surface area contributed by atoms with Gasteiger partial charge in [0.15, 0.2) is 0 Å². The summed E-state index contributed by atoms with van der Waals surface area (Å²) < 4.78 is 30.1. The van der Waals surface area contributed by atoms with Crippen molar-refractivity contribution in [3.05, 3.63) is 35.4 Å². The number of rotatable bonds is 4. The highest BCUT2D eigenvalue weighted by Gasteiger charge is 2.29. The van der Waals surface area contributed by atoms with Crippen molar-refractivity contribution in [3.8, 4) is 0 Å². The van der Waals surface area contributed by atoms with Gasteiger partial charge in [-0.3, -0.25) is 4.90 Å². The van der Waals surface area contributed by atoms with Gasteiger partial charge in [0.2, 0.25) is 0 Å². The molecule has 6 heteroatoms. The minimum atomic E-state index is -2.50. The highest BCUT2D eigenvalue weighted by molar-refractivity contribution is 5.77. The zero-order valence-electron chi connectivity index (χ0n) is 12.0. The standard InChI is InChI=1S/C15H20F2N2O2/c1-21-15(20)13(19-9-2-7-18-8-10-19)11-3-5-12(6-4-11)14(16)17/h3-6,13-14,18H,2,7-10H2,1H3. The smallest absolute Gasteiger partial charge is 0.327 e. The molecule has 1 heterocycles. The van der Waals surface area contributed by atoms with E-state index in [2.05, 4.69) is 5.32 Å². The molecular weight excluding hydrogens is 278 g/mol. The number of ether oxygens (including phenoxy) is 1. The van der Waals surface area contributed by atoms with Crippen LogP contribution in [0.3, 0.4) is 0 Å². The average Bonchev–Trinajstić information content (AvgIpc) is 2.77. The van der Waals surface area contributed by atoms with Gasteiger partial charge in [-0.1, -0.05) is 24.3 Å². The third-order valence-corrected chi connectivity index (χ3v) is 3.67. The minimum Gasteiger partial charge on any atom is -0.468 e. The lowest BCUT2D eigenvalue weighted by atomic mass is 10.0. The first-order valence-electron chi connectivity index (χ1n) is 7.04. The van der Waals surface area contributed by atoms with E-state index in [9.17, 15) is 13.6 Å². The van der Waals surface area contributed by atoms with E-state index in [0.717, 1.165) is 32.6 Å². The Hall–Kier alpha value is -1.53. The minimum absolute atomic E-state index is 0.0418. The number of hydrogen-bond donors (Lipinski definition) is 1. The first-order valence-corrected chi connectivity index (χ1v) is 7.04. The van der Waals surface area contributed by atoms with Gasteiger partial charge in [-0.15, -0.1) is 0 Å². The highest BCUT2D eigenvalue weighted by Crippen LogP contribution is 2.26. The molecule has 2 rings (SSSR count). The molecule has 1 atom stereocenters. The molecule has 1 fully saturated rings. The first kappa shape index (κ1) is 15.9. The van der Waals surface area contributed by atoms with Gasteiger partial charge in [-0.05, 0) is 18.5 Å². The number of hydrogen-bond acceptors (Lipinski definition) is 4. The zero-order valence-corrected chi connectivity index (χ0v) is 12.0. The van der Waals surface area contributed by atoms with Crippen molar-refractivity contribution >= 4 is 5.97 Å². The van der Waals surface area contributed by atoms with Crippen molar-refractivity contribution in [2.24, 2.45) is 0 Å². The number of halogens is 2. The van der Waals surface area contributed by atoms with E-state index in [4.69, 9.17) is 4.74 Å². The van der Waals surface area contributed by atoms with E-state index in [1.807, 2.05) is 4.90 Å². The molecule has 0 amide bonds. The molecule has 1 aliphatic rings. The predicted octanol–water partition coefficient (Wildman–Crippen LogP) is 2.13. The van der Waals surface area contributed by atoms with Crippen LogP contribution in [0.1, 0.15) is 30.0 Å². The SMILES string of the molecule is COC(=O)C(c1ccc(C(F)F)cc1)N1CCCNCC1. The van der Waals surface area contributed by atoms with Gasteiger partial charge in [0, 0.05) is 25.2 Å². The summed E-state index contributed by atoms with van der Waals surface area (Å²) in [5, 5.41) is 3.27. The van der Waals surface area contributed by atoms with Gasteiger partial charge in [-0.2, -0.15) is 0 Å². The van der Waals surface area contributed by atoms with Crippen LogP contribution < -0.4 is 5.32 Å². The Bertz CT molecular complexity index is 457. The second kappa shape index (κ2) is 7.47. The van der Waals surface area contributed by atoms with E-state index in [0.29, 0.717) is 5.56 Å². The van der Waals surface area contributed by atoms with Crippen LogP contribution in [0, 0.1) is 0 Å². The topological polar surface area (TPSA) is 41.6 Å². The lowest BCUT2D eigenvalue weighted by Crippen LogP contribution is -2.37. The summed E-state index contributed by atoms with van der Waals surface area (Å²) in [7, 11) is 1.35. The molecule has 1 saturated heterocycles. The van der Waals surface area contributed by atoms with Crippen LogP contribution in [-0.2, 0) is 9.53 Å². The third kappa shape index (κ3) is 3.98. The van der Waals surface area contributed by atoms with Gasteiger partial charge in [0.1, 0.15) is 6.04 Å². The Morgan fingerprint density at radius 2 is 1.86 bits per heavy atom. The van der Waals surface area contributed by atoms with Crippen molar-refractivity contribution < 1.29 is 18.3 Å². The Labute approximate surface area is 123 Å². The summed E-state index contributed by atoms with van der Waals surface area (Å²) in [6.45, 7) is 3.19. The van der Waals surface area contributed by atoms with Crippen LogP contribution >= 0.6 is 0 Å². The van der Waals surface area contributed by atoms with Crippen molar-refractivity contribution in [1.82, 2.24) is 10.2 Å². The largest absolute Gasteiger partial charge is 0.468 e. The van der Waals surface area contributed by atoms with Crippen LogP contribution in [0.5, 0.6) is 0 Å². The van der Waals surface area contributed by atoms with Crippen LogP contribution in [0.25, 0.3) is 0 Å². The van der Waals surface area contributed by atoms with Gasteiger partial charge < -0.3 is 10.1 Å². The second-order valence-electron chi connectivity index (χ2n) is 5.03. The summed E-state index contributed by atoms with van der Waals surface area (Å²) in [6.07, 6.45) is -1.57. The number of carbonyl (C=O) groups excluding carboxylic acids is 1. The fourth-order valence-electron chi connectivity index (χ4n) is 2.56. The number of alkyl halides is 2. The van der Waals surface area contributed by atoms with E-state index in [1.54, 1.807) is 12.1 Å². The molecule has 0 aliphatic carbocycles. The maximum atomic E-state index is 12.6. The summed E-state index contributed by atoms with van der Waals surface area (Å²) >= 11 is 0. The van der Waals surface area contributed by atoms with Crippen molar-refractivity contribution in [1.29, 1.82) is 0 Å². The molecule has 0 saturated carbocycles. The fourth-order valence-corrected chi connectivity index (χ4v) is 2.56. The predicted molar refractivity (Wildman–Crippen MR) is 75.2 cm³/mol. The monoisotopic (exact) mass is 298 g/mol. The van der Waals surface area contributed by atoms with Crippen molar-refractivity contribution in [3.63, 3.8) is 0 Å². The molecule has 21 heavy (non-hydrogen) atoms. The lowest BCUT2D eigenvalue weighted by Gasteiger charge is -2.28. The third-order valence-electron chi connectivity index (χ3n) is 3.67. The molecule has 1 unspecified atom stereocenters. The maximum absolute atomic E-state index is 12.6. The van der Waals surface area contributed by atoms with Gasteiger partial charge in [0.05, 0.1) is 7.11 Å². The molecule has 1 N–H and O–H groups in total. The van der Waals surface area contributed by atoms with Gasteiger partial charge in [0.25, 0.3) is 6.43 Å². The van der Waals surface area contributed by atoms with E-state index in [-0.39, 0.29) is 11.5 Å². The summed E-state index contributed by atoms with van der Waals surface area (Å²) in [6, 6.07) is 5.36. The molecule has 0 bridgehead atoms. The van der Waals surface area contributed by atoms with Crippen LogP contribution in [0.2, 0.25) is 0 Å². The van der Waals surface area contributed by atoms with Crippen molar-refractivity contribution in [2.75, 3.05) is 33.3 Å². The molecule has 0 aromatic heterocycles. The fraction of sp³-hybridized carbons (Fsp3) is 0.533. The molecule has 4 nitrogen and oxygen atoms in total. The molecular formula is C15H20F2N2O2. The normalized spacial score (nSPS) is 18.3. The summed E-state index contributed by atoms with van der Waals surface area (Å²) in [5.74, 6) is -0.360. The lowest BCUT2D eigenvalue weighted by molar-refractivity contribution is -0.147. The van der Waals surface area contributed by atoms with Gasteiger partial charge >= 0.3 is 5.97 Å². The van der Waals surface area contributed by atoms with Gasteiger partial charge in [-0.25, -0.2) is 13.6 Å². The number of esters is 1. The van der Waals surface area contributed by atoms with Crippen LogP contribution in [-0.4, -0.2) is 44.2 Å². The number of nitrogens with one attached hydrogen (secondary N) is 1. The zero-order chi connectivity index (χ0) is 15.2. The average molecular weight is 298 g/mol. The molecule has 1 aromatic rings. The van der Waals surface area contributed by atoms with E-state index < -0.39 is 12.5 Å². The number of nitrogens with zero attached hydrogens (tertiary/aromatic N) is 1. The Morgan fingerprint density at radius 3 is 2.48 bits per heavy atom. The molecule has 0 radical (unpaired) electrons. The Kier molecular flexibility index (Phi) is 5.64. The quantitative estimate of drug-likeness (QED) is 0.865. The number of carbonyl (C=O) groups is 1. The summed E-state index contributed by atoms with van der Waals surface area (Å²) in [5.41, 5.74) is 0.646. The van der Waals surface area contributed by atoms with Crippen LogP contribution in [0.4, 0.5) is 8.78 Å². The summed E-state index contributed by atoms with van der Waals surface area (Å²) in [4.78, 5) is 14.1. The first-order chi connectivity index (χ1) is 10.1. The number of methoxy groups -OCH3 is 1. The number of benzene rings is 1. The van der Waals surface area contributed by atoms with Crippen molar-refractivity contribution in [2.45, 2.75) is 18.9 Å². The molecule has 116 valence electrons. The molecule has 1 aromatic carbocycles. The maximum Gasteiger partial charge on any atom is 0.327 e. The van der Waals surface area contributed by atoms with E-state index >= 15 is 0 Å². The van der Waals surface area contributed by atoms with E-state index in [1.165, 1.54) is 19.2 Å².